The van der Waals surface area contributed by atoms with Gasteiger partial charge in [-0.1, -0.05) is 54.0 Å². The lowest BCUT2D eigenvalue weighted by atomic mass is 9.33. The van der Waals surface area contributed by atoms with Crippen LogP contribution in [0.1, 0.15) is 99.3 Å². The van der Waals surface area contributed by atoms with Gasteiger partial charge in [0, 0.05) is 12.0 Å². The average molecular weight is 452 g/mol. The second kappa shape index (κ2) is 7.19. The van der Waals surface area contributed by atoms with Crippen molar-refractivity contribution in [2.24, 2.45) is 56.7 Å². The summed E-state index contributed by atoms with van der Waals surface area (Å²) in [6.45, 7) is 14.5. The second-order valence-corrected chi connectivity index (χ2v) is 14.0. The van der Waals surface area contributed by atoms with Crippen molar-refractivity contribution >= 4 is 5.78 Å². The van der Waals surface area contributed by atoms with Crippen LogP contribution in [0.25, 0.3) is 0 Å². The van der Waals surface area contributed by atoms with Crippen LogP contribution in [0, 0.1) is 68.0 Å². The summed E-state index contributed by atoms with van der Waals surface area (Å²) in [7, 11) is 0. The molecular formula is C30H45NO2. The number of aliphatic hydroxyl groups is 1. The number of allylic oxidation sites excluding steroid dienone is 2. The quantitative estimate of drug-likeness (QED) is 0.507. The van der Waals surface area contributed by atoms with Gasteiger partial charge >= 0.3 is 0 Å². The molecule has 4 fully saturated rings. The smallest absolute Gasteiger partial charge is 0.178 e. The summed E-state index contributed by atoms with van der Waals surface area (Å²) < 4.78 is 0. The Morgan fingerprint density at radius 1 is 0.970 bits per heavy atom. The number of hydrogen-bond donors (Lipinski definition) is 1. The van der Waals surface area contributed by atoms with E-state index in [1.54, 1.807) is 0 Å². The van der Waals surface area contributed by atoms with Crippen molar-refractivity contribution in [2.45, 2.75) is 99.3 Å². The summed E-state index contributed by atoms with van der Waals surface area (Å²) in [4.78, 5) is 13.2. The first-order valence-corrected chi connectivity index (χ1v) is 13.7. The van der Waals surface area contributed by atoms with Crippen LogP contribution in [-0.2, 0) is 4.79 Å². The molecule has 5 aliphatic carbocycles. The van der Waals surface area contributed by atoms with E-state index >= 15 is 0 Å². The Balaban J connectivity index is 1.60. The largest absolute Gasteiger partial charge is 0.396 e. The summed E-state index contributed by atoms with van der Waals surface area (Å²) in [5.41, 5.74) is 0.455. The number of fused-ring (bicyclic) bond motifs is 7. The fraction of sp³-hybridized carbons (Fsp3) is 0.867. The van der Waals surface area contributed by atoms with Gasteiger partial charge in [-0.3, -0.25) is 4.79 Å². The summed E-state index contributed by atoms with van der Waals surface area (Å²) in [6.07, 6.45) is 13.0. The number of Topliss-reactive ketones (excluding diaryl/α,β-unsaturated/α-hetero) is 1. The molecule has 0 aromatic carbocycles. The SMILES string of the molecule is CC[C@@H]1CC[C@]2(CO)CC[C@]3(C)[C@H](CC[C@@H]4[C@@]5(C)C=C(C#N)C(=O)C(C)(C)[C@@H]5CC[C@]43C)[C@@H]12. The third-order valence-corrected chi connectivity index (χ3v) is 13.0. The molecule has 0 bridgehead atoms. The molecule has 0 aliphatic heterocycles. The van der Waals surface area contributed by atoms with Gasteiger partial charge in [-0.2, -0.15) is 5.26 Å². The van der Waals surface area contributed by atoms with Crippen LogP contribution in [0.15, 0.2) is 11.6 Å². The number of carbonyl (C=O) groups is 1. The highest BCUT2D eigenvalue weighted by molar-refractivity contribution is 6.04. The highest BCUT2D eigenvalue weighted by atomic mass is 16.3. The van der Waals surface area contributed by atoms with Crippen LogP contribution >= 0.6 is 0 Å². The van der Waals surface area contributed by atoms with Gasteiger partial charge in [-0.05, 0) is 103 Å². The fourth-order valence-corrected chi connectivity index (χ4v) is 11.2. The van der Waals surface area contributed by atoms with E-state index in [0.29, 0.717) is 35.9 Å². The first kappa shape index (κ1) is 23.6. The summed E-state index contributed by atoms with van der Waals surface area (Å²) in [6, 6.07) is 2.28. The summed E-state index contributed by atoms with van der Waals surface area (Å²) in [5.74, 6) is 2.96. The Kier molecular flexibility index (Phi) is 5.14. The van der Waals surface area contributed by atoms with Crippen LogP contribution < -0.4 is 0 Å². The second-order valence-electron chi connectivity index (χ2n) is 14.0. The minimum atomic E-state index is -0.467. The first-order chi connectivity index (χ1) is 15.4. The molecule has 0 radical (unpaired) electrons. The molecule has 0 spiro atoms. The number of rotatable bonds is 2. The van der Waals surface area contributed by atoms with Gasteiger partial charge < -0.3 is 5.11 Å². The fourth-order valence-electron chi connectivity index (χ4n) is 11.2. The lowest BCUT2D eigenvalue weighted by molar-refractivity contribution is -0.222. The van der Waals surface area contributed by atoms with Crippen molar-refractivity contribution in [1.82, 2.24) is 0 Å². The zero-order valence-corrected chi connectivity index (χ0v) is 21.8. The van der Waals surface area contributed by atoms with E-state index in [-0.39, 0.29) is 27.4 Å². The highest BCUT2D eigenvalue weighted by Crippen LogP contribution is 2.76. The van der Waals surface area contributed by atoms with E-state index in [2.05, 4.69) is 53.7 Å². The average Bonchev–Trinajstić information content (AvgIpc) is 3.16. The topological polar surface area (TPSA) is 61.1 Å². The molecule has 4 saturated carbocycles. The number of hydrogen-bond acceptors (Lipinski definition) is 3. The molecule has 9 atom stereocenters. The van der Waals surface area contributed by atoms with Gasteiger partial charge in [0.05, 0.1) is 5.57 Å². The standard InChI is InChI=1S/C30H45NO2/c1-7-19-10-13-30(18-32)15-14-28(5)21(24(19)30)8-9-23-27(4)16-20(17-31)25(33)26(2,3)22(27)11-12-29(23,28)6/h16,19,21-24,32H,7-15,18H2,1-6H3/t19-,21-,22+,23-,24-,27+,28-,29-,30-/m1/s1. The van der Waals surface area contributed by atoms with E-state index < -0.39 is 5.41 Å². The molecule has 0 unspecified atom stereocenters. The minimum Gasteiger partial charge on any atom is -0.396 e. The van der Waals surface area contributed by atoms with Crippen molar-refractivity contribution in [2.75, 3.05) is 6.61 Å². The normalized spacial score (nSPS) is 52.6. The van der Waals surface area contributed by atoms with Crippen molar-refractivity contribution in [3.63, 3.8) is 0 Å². The molecule has 0 aromatic rings. The highest BCUT2D eigenvalue weighted by Gasteiger charge is 2.70. The van der Waals surface area contributed by atoms with Gasteiger partial charge in [0.15, 0.2) is 5.78 Å². The van der Waals surface area contributed by atoms with Crippen LogP contribution in [0.2, 0.25) is 0 Å². The summed E-state index contributed by atoms with van der Waals surface area (Å²) >= 11 is 0. The van der Waals surface area contributed by atoms with E-state index in [1.807, 2.05) is 0 Å². The van der Waals surface area contributed by atoms with E-state index in [0.717, 1.165) is 12.3 Å². The minimum absolute atomic E-state index is 0.0538. The van der Waals surface area contributed by atoms with E-state index in [9.17, 15) is 15.2 Å². The maximum atomic E-state index is 13.2. The van der Waals surface area contributed by atoms with E-state index in [1.165, 1.54) is 51.4 Å². The van der Waals surface area contributed by atoms with Crippen molar-refractivity contribution in [1.29, 1.82) is 5.26 Å². The number of nitrogens with zero attached hydrogens (tertiary/aromatic N) is 1. The lowest BCUT2D eigenvalue weighted by Crippen LogP contribution is -2.66. The Hall–Kier alpha value is -1.14. The lowest BCUT2D eigenvalue weighted by Gasteiger charge is -2.71. The molecular weight excluding hydrogens is 406 g/mol. The molecule has 33 heavy (non-hydrogen) atoms. The Morgan fingerprint density at radius 2 is 1.70 bits per heavy atom. The summed E-state index contributed by atoms with van der Waals surface area (Å²) in [5, 5.41) is 20.4. The zero-order valence-electron chi connectivity index (χ0n) is 21.8. The number of nitriles is 1. The van der Waals surface area contributed by atoms with E-state index in [4.69, 9.17) is 0 Å². The molecule has 0 heterocycles. The van der Waals surface area contributed by atoms with Crippen LogP contribution in [0.3, 0.4) is 0 Å². The Labute approximate surface area is 201 Å². The predicted molar refractivity (Wildman–Crippen MR) is 131 cm³/mol. The molecule has 3 heteroatoms. The van der Waals surface area contributed by atoms with Crippen LogP contribution in [-0.4, -0.2) is 17.5 Å². The van der Waals surface area contributed by atoms with Gasteiger partial charge in [0.2, 0.25) is 0 Å². The third kappa shape index (κ3) is 2.68. The third-order valence-electron chi connectivity index (χ3n) is 13.0. The molecule has 0 aromatic heterocycles. The number of ketones is 1. The van der Waals surface area contributed by atoms with Crippen molar-refractivity contribution in [3.05, 3.63) is 11.6 Å². The molecule has 182 valence electrons. The van der Waals surface area contributed by atoms with Crippen LogP contribution in [0.4, 0.5) is 0 Å². The van der Waals surface area contributed by atoms with Gasteiger partial charge in [0.1, 0.15) is 6.07 Å². The predicted octanol–water partition coefficient (Wildman–Crippen LogP) is 6.71. The van der Waals surface area contributed by atoms with Gasteiger partial charge in [-0.25, -0.2) is 0 Å². The first-order valence-electron chi connectivity index (χ1n) is 13.7. The Bertz CT molecular complexity index is 928. The zero-order chi connectivity index (χ0) is 24.0. The van der Waals surface area contributed by atoms with Crippen LogP contribution in [0.5, 0.6) is 0 Å². The molecule has 1 N–H and O–H groups in total. The monoisotopic (exact) mass is 451 g/mol. The number of carbonyl (C=O) groups excluding carboxylic acids is 1. The van der Waals surface area contributed by atoms with Gasteiger partial charge in [0.25, 0.3) is 0 Å². The maximum absolute atomic E-state index is 13.2. The molecule has 5 rings (SSSR count). The molecule has 0 saturated heterocycles. The molecule has 3 nitrogen and oxygen atoms in total. The molecule has 5 aliphatic rings. The van der Waals surface area contributed by atoms with Gasteiger partial charge in [-0.15, -0.1) is 0 Å². The van der Waals surface area contributed by atoms with Crippen molar-refractivity contribution in [3.8, 4) is 6.07 Å². The Morgan fingerprint density at radius 3 is 2.33 bits per heavy atom. The number of aliphatic hydroxyl groups excluding tert-OH is 1. The molecule has 0 amide bonds. The maximum Gasteiger partial charge on any atom is 0.178 e. The van der Waals surface area contributed by atoms with Crippen molar-refractivity contribution < 1.29 is 9.90 Å².